The van der Waals surface area contributed by atoms with Crippen molar-refractivity contribution in [1.29, 1.82) is 0 Å². The molecule has 0 fully saturated rings. The maximum atomic E-state index is 4.22. The fourth-order valence-corrected chi connectivity index (χ4v) is 1.82. The molecule has 0 unspecified atom stereocenters. The molecule has 3 aromatic rings. The molecular formula is C8H4N4S. The van der Waals surface area contributed by atoms with Crippen molar-refractivity contribution in [3.8, 4) is 0 Å². The lowest BCUT2D eigenvalue weighted by Crippen LogP contribution is -1.82. The number of nitrogens with zero attached hydrogens (tertiary/aromatic N) is 4. The lowest BCUT2D eigenvalue weighted by atomic mass is 10.2. The Kier molecular flexibility index (Phi) is 1.28. The molecule has 0 radical (unpaired) electrons. The van der Waals surface area contributed by atoms with Crippen molar-refractivity contribution < 1.29 is 0 Å². The molecule has 0 aliphatic rings. The maximum absolute atomic E-state index is 4.22. The molecule has 0 amide bonds. The van der Waals surface area contributed by atoms with Crippen molar-refractivity contribution in [3.63, 3.8) is 0 Å². The topological polar surface area (TPSA) is 51.6 Å². The molecule has 5 heteroatoms. The fraction of sp³-hybridized carbons (Fsp3) is 0. The lowest BCUT2D eigenvalue weighted by Gasteiger charge is -1.93. The van der Waals surface area contributed by atoms with Gasteiger partial charge in [0.2, 0.25) is 0 Å². The summed E-state index contributed by atoms with van der Waals surface area (Å²) in [6, 6.07) is 3.82. The van der Waals surface area contributed by atoms with E-state index in [1.807, 2.05) is 12.1 Å². The maximum Gasteiger partial charge on any atom is 0.132 e. The van der Waals surface area contributed by atoms with Crippen LogP contribution in [-0.4, -0.2) is 18.7 Å². The molecular weight excluding hydrogens is 184 g/mol. The monoisotopic (exact) mass is 188 g/mol. The van der Waals surface area contributed by atoms with Crippen LogP contribution in [-0.2, 0) is 0 Å². The average Bonchev–Trinajstić information content (AvgIpc) is 2.65. The van der Waals surface area contributed by atoms with Crippen molar-refractivity contribution in [2.75, 3.05) is 0 Å². The van der Waals surface area contributed by atoms with Crippen LogP contribution < -0.4 is 0 Å². The van der Waals surface area contributed by atoms with Crippen LogP contribution in [0, 0.1) is 0 Å². The third-order valence-electron chi connectivity index (χ3n) is 1.86. The molecule has 0 spiro atoms. The van der Waals surface area contributed by atoms with E-state index in [-0.39, 0.29) is 0 Å². The zero-order chi connectivity index (χ0) is 8.67. The third-order valence-corrected chi connectivity index (χ3v) is 2.41. The second-order valence-corrected chi connectivity index (χ2v) is 3.15. The first-order valence-electron chi connectivity index (χ1n) is 3.77. The molecule has 0 atom stereocenters. The molecule has 13 heavy (non-hydrogen) atoms. The van der Waals surface area contributed by atoms with Crippen LogP contribution in [0.3, 0.4) is 0 Å². The number of hydrogen-bond donors (Lipinski definition) is 0. The van der Waals surface area contributed by atoms with E-state index in [2.05, 4.69) is 18.7 Å². The molecule has 0 aliphatic carbocycles. The summed E-state index contributed by atoms with van der Waals surface area (Å²) >= 11 is 1.20. The Morgan fingerprint density at radius 2 is 1.69 bits per heavy atom. The highest BCUT2D eigenvalue weighted by Crippen LogP contribution is 2.19. The van der Waals surface area contributed by atoms with Gasteiger partial charge in [0.25, 0.3) is 0 Å². The standard InChI is InChI=1S/C8H4N4S/c1-2-6-8(12-13-11-6)7-5(1)9-3-4-10-7/h1-4H. The van der Waals surface area contributed by atoms with Gasteiger partial charge in [-0.25, -0.2) is 0 Å². The molecule has 0 aliphatic heterocycles. The molecule has 0 saturated heterocycles. The molecule has 3 rings (SSSR count). The van der Waals surface area contributed by atoms with Gasteiger partial charge in [0, 0.05) is 12.4 Å². The minimum absolute atomic E-state index is 0.828. The minimum Gasteiger partial charge on any atom is -0.253 e. The number of rotatable bonds is 0. The summed E-state index contributed by atoms with van der Waals surface area (Å²) in [5.74, 6) is 0. The minimum atomic E-state index is 0.828. The van der Waals surface area contributed by atoms with Gasteiger partial charge in [-0.15, -0.1) is 0 Å². The van der Waals surface area contributed by atoms with E-state index >= 15 is 0 Å². The van der Waals surface area contributed by atoms with Crippen LogP contribution in [0.25, 0.3) is 22.1 Å². The van der Waals surface area contributed by atoms with E-state index in [9.17, 15) is 0 Å². The van der Waals surface area contributed by atoms with Gasteiger partial charge >= 0.3 is 0 Å². The predicted molar refractivity (Wildman–Crippen MR) is 50.5 cm³/mol. The first-order chi connectivity index (χ1) is 6.45. The molecule has 0 bridgehead atoms. The molecule has 1 aromatic carbocycles. The van der Waals surface area contributed by atoms with Crippen molar-refractivity contribution in [3.05, 3.63) is 24.5 Å². The van der Waals surface area contributed by atoms with Crippen LogP contribution in [0.5, 0.6) is 0 Å². The number of fused-ring (bicyclic) bond motifs is 3. The second kappa shape index (κ2) is 2.43. The largest absolute Gasteiger partial charge is 0.253 e. The number of benzene rings is 1. The quantitative estimate of drug-likeness (QED) is 0.538. The Hall–Kier alpha value is -1.62. The van der Waals surface area contributed by atoms with E-state index in [1.165, 1.54) is 11.7 Å². The van der Waals surface area contributed by atoms with Crippen molar-refractivity contribution >= 4 is 33.8 Å². The Morgan fingerprint density at radius 3 is 2.69 bits per heavy atom. The summed E-state index contributed by atoms with van der Waals surface area (Å²) in [7, 11) is 0. The zero-order valence-corrected chi connectivity index (χ0v) is 7.32. The van der Waals surface area contributed by atoms with Gasteiger partial charge in [0.1, 0.15) is 16.6 Å². The Balaban J connectivity index is 2.65. The normalized spacial score (nSPS) is 11.1. The lowest BCUT2D eigenvalue weighted by molar-refractivity contribution is 1.30. The first-order valence-corrected chi connectivity index (χ1v) is 4.50. The van der Waals surface area contributed by atoms with Crippen molar-refractivity contribution in [2.24, 2.45) is 0 Å². The molecule has 0 N–H and O–H groups in total. The van der Waals surface area contributed by atoms with Gasteiger partial charge < -0.3 is 0 Å². The summed E-state index contributed by atoms with van der Waals surface area (Å²) < 4.78 is 8.31. The molecule has 4 nitrogen and oxygen atoms in total. The molecule has 0 saturated carbocycles. The number of hydrogen-bond acceptors (Lipinski definition) is 5. The third kappa shape index (κ3) is 0.905. The SMILES string of the molecule is c1cnc2c(ccc3nsnc32)n1. The van der Waals surface area contributed by atoms with E-state index < -0.39 is 0 Å². The summed E-state index contributed by atoms with van der Waals surface area (Å²) in [5.41, 5.74) is 3.42. The van der Waals surface area contributed by atoms with Gasteiger partial charge in [-0.05, 0) is 12.1 Å². The molecule has 62 valence electrons. The zero-order valence-electron chi connectivity index (χ0n) is 6.51. The van der Waals surface area contributed by atoms with E-state index in [1.54, 1.807) is 12.4 Å². The van der Waals surface area contributed by atoms with Crippen LogP contribution in [0.15, 0.2) is 24.5 Å². The van der Waals surface area contributed by atoms with Gasteiger partial charge in [-0.1, -0.05) is 0 Å². The van der Waals surface area contributed by atoms with Crippen LogP contribution in [0.4, 0.5) is 0 Å². The summed E-state index contributed by atoms with van der Waals surface area (Å²) in [4.78, 5) is 8.41. The Morgan fingerprint density at radius 1 is 0.846 bits per heavy atom. The average molecular weight is 188 g/mol. The van der Waals surface area contributed by atoms with E-state index in [0.29, 0.717) is 0 Å². The second-order valence-electron chi connectivity index (χ2n) is 2.62. The number of aromatic nitrogens is 4. The fourth-order valence-electron chi connectivity index (χ4n) is 1.28. The smallest absolute Gasteiger partial charge is 0.132 e. The van der Waals surface area contributed by atoms with E-state index in [4.69, 9.17) is 0 Å². The molecule has 2 heterocycles. The Labute approximate surface area is 77.6 Å². The Bertz CT molecular complexity index is 574. The van der Waals surface area contributed by atoms with Crippen LogP contribution >= 0.6 is 11.7 Å². The molecule has 2 aromatic heterocycles. The van der Waals surface area contributed by atoms with Gasteiger partial charge in [0.05, 0.1) is 17.2 Å². The van der Waals surface area contributed by atoms with Gasteiger partial charge in [0.15, 0.2) is 0 Å². The summed E-state index contributed by atoms with van der Waals surface area (Å²) in [6.45, 7) is 0. The van der Waals surface area contributed by atoms with Gasteiger partial charge in [-0.3, -0.25) is 9.97 Å². The summed E-state index contributed by atoms with van der Waals surface area (Å²) in [5, 5.41) is 0. The first kappa shape index (κ1) is 6.85. The van der Waals surface area contributed by atoms with Crippen LogP contribution in [0.1, 0.15) is 0 Å². The highest BCUT2D eigenvalue weighted by atomic mass is 32.1. The van der Waals surface area contributed by atoms with Gasteiger partial charge in [-0.2, -0.15) is 8.75 Å². The summed E-state index contributed by atoms with van der Waals surface area (Å²) in [6.07, 6.45) is 3.34. The predicted octanol–water partition coefficient (Wildman–Crippen LogP) is 1.63. The van der Waals surface area contributed by atoms with Crippen molar-refractivity contribution in [2.45, 2.75) is 0 Å². The van der Waals surface area contributed by atoms with E-state index in [0.717, 1.165) is 22.1 Å². The van der Waals surface area contributed by atoms with Crippen LogP contribution in [0.2, 0.25) is 0 Å². The highest BCUT2D eigenvalue weighted by molar-refractivity contribution is 7.00. The van der Waals surface area contributed by atoms with Crippen molar-refractivity contribution in [1.82, 2.24) is 18.7 Å². The highest BCUT2D eigenvalue weighted by Gasteiger charge is 2.04.